The monoisotopic (exact) mass is 291 g/mol. The predicted octanol–water partition coefficient (Wildman–Crippen LogP) is 1.29. The van der Waals surface area contributed by atoms with Gasteiger partial charge in [-0.15, -0.1) is 0 Å². The molecule has 0 radical (unpaired) electrons. The largest absolute Gasteiger partial charge is 0.409 e. The number of nitrogens with zero attached hydrogens (tertiary/aromatic N) is 3. The fraction of sp³-hybridized carbons (Fsp3) is 0.571. The van der Waals surface area contributed by atoms with E-state index < -0.39 is 5.54 Å². The van der Waals surface area contributed by atoms with Gasteiger partial charge in [0.2, 0.25) is 0 Å². The van der Waals surface area contributed by atoms with Crippen molar-refractivity contribution < 1.29 is 10.0 Å². The zero-order valence-electron chi connectivity index (χ0n) is 12.1. The summed E-state index contributed by atoms with van der Waals surface area (Å²) >= 11 is 0. The minimum absolute atomic E-state index is 0.0503. The molecule has 0 unspecified atom stereocenters. The Kier molecular flexibility index (Phi) is 4.72. The quantitative estimate of drug-likeness (QED) is 0.335. The SMILES string of the molecule is CCC1CCC(NC(=O)c2cnccn2)(C(N)=NO)CC1. The van der Waals surface area contributed by atoms with Crippen molar-refractivity contribution in [2.75, 3.05) is 0 Å². The molecule has 1 heterocycles. The van der Waals surface area contributed by atoms with Crippen LogP contribution in [0.3, 0.4) is 0 Å². The van der Waals surface area contributed by atoms with E-state index in [1.807, 2.05) is 0 Å². The maximum atomic E-state index is 12.3. The highest BCUT2D eigenvalue weighted by atomic mass is 16.4. The number of rotatable bonds is 4. The molecule has 0 aromatic carbocycles. The first-order chi connectivity index (χ1) is 10.1. The van der Waals surface area contributed by atoms with Gasteiger partial charge in [0.15, 0.2) is 5.84 Å². The number of carbonyl (C=O) groups excluding carboxylic acids is 1. The fourth-order valence-corrected chi connectivity index (χ4v) is 2.82. The molecule has 1 aliphatic carbocycles. The molecule has 7 nitrogen and oxygen atoms in total. The van der Waals surface area contributed by atoms with Crippen LogP contribution < -0.4 is 11.1 Å². The Hall–Kier alpha value is -2.18. The second-order valence-corrected chi connectivity index (χ2v) is 5.46. The Balaban J connectivity index is 2.17. The zero-order chi connectivity index (χ0) is 15.3. The van der Waals surface area contributed by atoms with Crippen LogP contribution in [-0.2, 0) is 0 Å². The first-order valence-corrected chi connectivity index (χ1v) is 7.18. The number of nitrogens with two attached hydrogens (primary N) is 1. The van der Waals surface area contributed by atoms with Gasteiger partial charge in [-0.05, 0) is 31.6 Å². The molecule has 1 aliphatic rings. The average molecular weight is 291 g/mol. The summed E-state index contributed by atoms with van der Waals surface area (Å²) < 4.78 is 0. The first-order valence-electron chi connectivity index (χ1n) is 7.18. The number of amides is 1. The molecule has 0 aliphatic heterocycles. The average Bonchev–Trinajstić information content (AvgIpc) is 2.55. The number of carbonyl (C=O) groups is 1. The Labute approximate surface area is 123 Å². The summed E-state index contributed by atoms with van der Waals surface area (Å²) in [7, 11) is 0. The molecule has 7 heteroatoms. The van der Waals surface area contributed by atoms with Gasteiger partial charge >= 0.3 is 0 Å². The number of oxime groups is 1. The van der Waals surface area contributed by atoms with Crippen molar-refractivity contribution in [3.8, 4) is 0 Å². The summed E-state index contributed by atoms with van der Waals surface area (Å²) in [4.78, 5) is 20.1. The highest BCUT2D eigenvalue weighted by Crippen LogP contribution is 2.34. The molecule has 1 saturated carbocycles. The molecule has 114 valence electrons. The summed E-state index contributed by atoms with van der Waals surface area (Å²) in [6, 6.07) is 0. The standard InChI is InChI=1S/C14H21N5O2/c1-2-10-3-5-14(6-4-10,13(15)19-21)18-12(20)11-9-16-7-8-17-11/h7-10,21H,2-6H2,1H3,(H2,15,19)(H,18,20). The number of aromatic nitrogens is 2. The van der Waals surface area contributed by atoms with Gasteiger partial charge in [-0.2, -0.15) is 0 Å². The van der Waals surface area contributed by atoms with E-state index in [1.165, 1.54) is 18.6 Å². The second kappa shape index (κ2) is 6.51. The smallest absolute Gasteiger partial charge is 0.272 e. The topological polar surface area (TPSA) is 113 Å². The van der Waals surface area contributed by atoms with Gasteiger partial charge in [0.05, 0.1) is 6.20 Å². The Morgan fingerprint density at radius 2 is 2.24 bits per heavy atom. The van der Waals surface area contributed by atoms with Crippen LogP contribution in [0.25, 0.3) is 0 Å². The Morgan fingerprint density at radius 1 is 1.52 bits per heavy atom. The van der Waals surface area contributed by atoms with E-state index >= 15 is 0 Å². The molecular weight excluding hydrogens is 270 g/mol. The molecule has 1 aromatic heterocycles. The van der Waals surface area contributed by atoms with Gasteiger partial charge in [-0.1, -0.05) is 18.5 Å². The van der Waals surface area contributed by atoms with Crippen LogP contribution >= 0.6 is 0 Å². The van der Waals surface area contributed by atoms with Crippen LogP contribution in [0.5, 0.6) is 0 Å². The maximum Gasteiger partial charge on any atom is 0.272 e. The summed E-state index contributed by atoms with van der Waals surface area (Å²) in [5.74, 6) is 0.317. The van der Waals surface area contributed by atoms with Crippen LogP contribution in [0, 0.1) is 5.92 Å². The highest BCUT2D eigenvalue weighted by Gasteiger charge is 2.40. The van der Waals surface area contributed by atoms with Crippen molar-refractivity contribution in [1.82, 2.24) is 15.3 Å². The van der Waals surface area contributed by atoms with Crippen LogP contribution in [0.1, 0.15) is 49.5 Å². The summed E-state index contributed by atoms with van der Waals surface area (Å²) in [5, 5.41) is 15.1. The lowest BCUT2D eigenvalue weighted by atomic mass is 9.75. The second-order valence-electron chi connectivity index (χ2n) is 5.46. The summed E-state index contributed by atoms with van der Waals surface area (Å²) in [5.41, 5.74) is 5.27. The van der Waals surface area contributed by atoms with Crippen molar-refractivity contribution in [3.63, 3.8) is 0 Å². The van der Waals surface area contributed by atoms with Crippen molar-refractivity contribution in [2.45, 2.75) is 44.6 Å². The van der Waals surface area contributed by atoms with Crippen LogP contribution in [0.4, 0.5) is 0 Å². The van der Waals surface area contributed by atoms with E-state index in [-0.39, 0.29) is 17.4 Å². The number of hydrogen-bond donors (Lipinski definition) is 3. The van der Waals surface area contributed by atoms with Crippen molar-refractivity contribution >= 4 is 11.7 Å². The van der Waals surface area contributed by atoms with Crippen molar-refractivity contribution in [1.29, 1.82) is 0 Å². The van der Waals surface area contributed by atoms with Gasteiger partial charge in [0.1, 0.15) is 11.2 Å². The molecule has 1 fully saturated rings. The molecule has 0 saturated heterocycles. The molecule has 0 atom stereocenters. The third-order valence-corrected chi connectivity index (χ3v) is 4.28. The van der Waals surface area contributed by atoms with Gasteiger partial charge in [0.25, 0.3) is 5.91 Å². The van der Waals surface area contributed by atoms with Gasteiger partial charge in [-0.3, -0.25) is 9.78 Å². The highest BCUT2D eigenvalue weighted by molar-refractivity contribution is 5.99. The minimum atomic E-state index is -0.797. The first kappa shape index (κ1) is 15.2. The van der Waals surface area contributed by atoms with Crippen molar-refractivity contribution in [2.24, 2.45) is 16.8 Å². The maximum absolute atomic E-state index is 12.3. The lowest BCUT2D eigenvalue weighted by Crippen LogP contribution is -2.59. The minimum Gasteiger partial charge on any atom is -0.409 e. The predicted molar refractivity (Wildman–Crippen MR) is 77.9 cm³/mol. The van der Waals surface area contributed by atoms with E-state index in [9.17, 15) is 4.79 Å². The van der Waals surface area contributed by atoms with E-state index in [0.717, 1.165) is 19.3 Å². The summed E-state index contributed by atoms with van der Waals surface area (Å²) in [6.07, 6.45) is 8.65. The molecular formula is C14H21N5O2. The molecule has 0 spiro atoms. The van der Waals surface area contributed by atoms with E-state index in [4.69, 9.17) is 10.9 Å². The van der Waals surface area contributed by atoms with Crippen LogP contribution in [0.15, 0.2) is 23.7 Å². The molecule has 4 N–H and O–H groups in total. The number of nitrogens with one attached hydrogen (secondary N) is 1. The molecule has 1 aromatic rings. The Morgan fingerprint density at radius 3 is 2.76 bits per heavy atom. The third kappa shape index (κ3) is 3.29. The third-order valence-electron chi connectivity index (χ3n) is 4.28. The summed E-state index contributed by atoms with van der Waals surface area (Å²) in [6.45, 7) is 2.15. The van der Waals surface area contributed by atoms with Crippen LogP contribution in [0.2, 0.25) is 0 Å². The van der Waals surface area contributed by atoms with Gasteiger partial charge in [-0.25, -0.2) is 4.98 Å². The zero-order valence-corrected chi connectivity index (χ0v) is 12.1. The lowest BCUT2D eigenvalue weighted by Gasteiger charge is -2.39. The molecule has 0 bridgehead atoms. The van der Waals surface area contributed by atoms with Crippen molar-refractivity contribution in [3.05, 3.63) is 24.3 Å². The van der Waals surface area contributed by atoms with E-state index in [2.05, 4.69) is 27.4 Å². The molecule has 2 rings (SSSR count). The normalized spacial score (nSPS) is 26.3. The van der Waals surface area contributed by atoms with Gasteiger partial charge in [0, 0.05) is 12.4 Å². The Bertz CT molecular complexity index is 509. The number of amidine groups is 1. The van der Waals surface area contributed by atoms with Gasteiger partial charge < -0.3 is 16.3 Å². The molecule has 1 amide bonds. The molecule has 21 heavy (non-hydrogen) atoms. The van der Waals surface area contributed by atoms with E-state index in [1.54, 1.807) is 0 Å². The number of hydrogen-bond acceptors (Lipinski definition) is 5. The fourth-order valence-electron chi connectivity index (χ4n) is 2.82. The van der Waals surface area contributed by atoms with Crippen LogP contribution in [-0.4, -0.2) is 32.5 Å². The lowest BCUT2D eigenvalue weighted by molar-refractivity contribution is 0.0889. The van der Waals surface area contributed by atoms with E-state index in [0.29, 0.717) is 18.8 Å².